The van der Waals surface area contributed by atoms with E-state index in [0.717, 1.165) is 60.2 Å². The largest absolute Gasteiger partial charge is 0.303 e. The van der Waals surface area contributed by atoms with Crippen molar-refractivity contribution in [3.8, 4) is 11.1 Å². The number of aryl methyl sites for hydroxylation is 2. The van der Waals surface area contributed by atoms with Gasteiger partial charge in [-0.3, -0.25) is 9.67 Å². The van der Waals surface area contributed by atoms with Gasteiger partial charge >= 0.3 is 0 Å². The van der Waals surface area contributed by atoms with E-state index in [1.807, 2.05) is 12.3 Å². The lowest BCUT2D eigenvalue weighted by Crippen LogP contribution is -2.21. The van der Waals surface area contributed by atoms with E-state index < -0.39 is 0 Å². The number of likely N-dealkylation sites (tertiary alicyclic amines) is 1. The second-order valence-electron chi connectivity index (χ2n) is 7.30. The van der Waals surface area contributed by atoms with Crippen LogP contribution in [0.5, 0.6) is 0 Å². The third-order valence-corrected chi connectivity index (χ3v) is 5.41. The standard InChI is InChI=1S/C21H26ClN5/c1-2-6-18-17(15-27(25-18)12-5-11-26-9-3-4-10-26)16-13-20-19(23-14-16)7-8-21(22)24-20/h7-8,13-15H,2-6,9-12H2,1H3. The molecule has 6 heteroatoms. The summed E-state index contributed by atoms with van der Waals surface area (Å²) >= 11 is 6.05. The Bertz CT molecular complexity index is 914. The predicted octanol–water partition coefficient (Wildman–Crippen LogP) is 4.59. The number of aromatic nitrogens is 4. The lowest BCUT2D eigenvalue weighted by molar-refractivity contribution is 0.322. The van der Waals surface area contributed by atoms with E-state index in [1.54, 1.807) is 6.07 Å². The van der Waals surface area contributed by atoms with Gasteiger partial charge < -0.3 is 4.90 Å². The fourth-order valence-corrected chi connectivity index (χ4v) is 3.98. The molecule has 0 atom stereocenters. The molecule has 0 amide bonds. The summed E-state index contributed by atoms with van der Waals surface area (Å²) in [6, 6.07) is 5.75. The molecule has 27 heavy (non-hydrogen) atoms. The maximum atomic E-state index is 6.05. The van der Waals surface area contributed by atoms with Crippen LogP contribution in [-0.2, 0) is 13.0 Å². The number of rotatable bonds is 7. The Morgan fingerprint density at radius 2 is 1.96 bits per heavy atom. The molecule has 1 aliphatic heterocycles. The highest BCUT2D eigenvalue weighted by atomic mass is 35.5. The molecule has 0 aliphatic carbocycles. The van der Waals surface area contributed by atoms with Crippen molar-refractivity contribution in [2.75, 3.05) is 19.6 Å². The zero-order valence-electron chi connectivity index (χ0n) is 15.9. The number of fused-ring (bicyclic) bond motifs is 1. The van der Waals surface area contributed by atoms with E-state index >= 15 is 0 Å². The van der Waals surface area contributed by atoms with Crippen molar-refractivity contribution in [1.82, 2.24) is 24.6 Å². The zero-order chi connectivity index (χ0) is 18.6. The van der Waals surface area contributed by atoms with Crippen LogP contribution in [-0.4, -0.2) is 44.3 Å². The highest BCUT2D eigenvalue weighted by molar-refractivity contribution is 6.29. The summed E-state index contributed by atoms with van der Waals surface area (Å²) < 4.78 is 2.10. The molecule has 142 valence electrons. The van der Waals surface area contributed by atoms with Crippen LogP contribution in [0.25, 0.3) is 22.2 Å². The average Bonchev–Trinajstić information content (AvgIpc) is 3.32. The Morgan fingerprint density at radius 3 is 2.78 bits per heavy atom. The monoisotopic (exact) mass is 383 g/mol. The number of hydrogen-bond acceptors (Lipinski definition) is 4. The molecular weight excluding hydrogens is 358 g/mol. The molecule has 0 unspecified atom stereocenters. The molecule has 1 saturated heterocycles. The van der Waals surface area contributed by atoms with Crippen LogP contribution in [0.4, 0.5) is 0 Å². The first kappa shape index (κ1) is 18.4. The Kier molecular flexibility index (Phi) is 5.69. The second kappa shape index (κ2) is 8.36. The van der Waals surface area contributed by atoms with Gasteiger partial charge in [0.25, 0.3) is 0 Å². The Hall–Kier alpha value is -1.98. The van der Waals surface area contributed by atoms with E-state index in [2.05, 4.69) is 38.7 Å². The molecule has 1 aliphatic rings. The molecule has 0 N–H and O–H groups in total. The van der Waals surface area contributed by atoms with Gasteiger partial charge in [-0.25, -0.2) is 4.98 Å². The van der Waals surface area contributed by atoms with Gasteiger partial charge in [0.15, 0.2) is 0 Å². The van der Waals surface area contributed by atoms with Gasteiger partial charge in [-0.2, -0.15) is 5.10 Å². The molecule has 4 heterocycles. The lowest BCUT2D eigenvalue weighted by atomic mass is 10.1. The number of hydrogen-bond donors (Lipinski definition) is 0. The van der Waals surface area contributed by atoms with Gasteiger partial charge in [0.2, 0.25) is 0 Å². The topological polar surface area (TPSA) is 46.8 Å². The molecule has 0 spiro atoms. The first-order chi connectivity index (χ1) is 13.2. The van der Waals surface area contributed by atoms with E-state index in [0.29, 0.717) is 5.15 Å². The second-order valence-corrected chi connectivity index (χ2v) is 7.69. The van der Waals surface area contributed by atoms with Crippen molar-refractivity contribution >= 4 is 22.6 Å². The quantitative estimate of drug-likeness (QED) is 0.560. The van der Waals surface area contributed by atoms with Crippen LogP contribution in [0, 0.1) is 0 Å². The number of halogens is 1. The predicted molar refractivity (Wildman–Crippen MR) is 110 cm³/mol. The maximum Gasteiger partial charge on any atom is 0.129 e. The third kappa shape index (κ3) is 4.30. The third-order valence-electron chi connectivity index (χ3n) is 5.20. The molecule has 4 rings (SSSR count). The lowest BCUT2D eigenvalue weighted by Gasteiger charge is -2.13. The number of pyridine rings is 2. The molecule has 0 aromatic carbocycles. The van der Waals surface area contributed by atoms with Gasteiger partial charge in [-0.15, -0.1) is 0 Å². The van der Waals surface area contributed by atoms with Gasteiger partial charge in [0.05, 0.1) is 16.7 Å². The van der Waals surface area contributed by atoms with E-state index in [1.165, 1.54) is 25.9 Å². The van der Waals surface area contributed by atoms with Crippen molar-refractivity contribution in [2.24, 2.45) is 0 Å². The minimum absolute atomic E-state index is 0.493. The van der Waals surface area contributed by atoms with E-state index in [-0.39, 0.29) is 0 Å². The highest BCUT2D eigenvalue weighted by Gasteiger charge is 2.14. The minimum Gasteiger partial charge on any atom is -0.303 e. The maximum absolute atomic E-state index is 6.05. The molecule has 1 fully saturated rings. The smallest absolute Gasteiger partial charge is 0.129 e. The van der Waals surface area contributed by atoms with Crippen LogP contribution in [0.1, 0.15) is 38.3 Å². The highest BCUT2D eigenvalue weighted by Crippen LogP contribution is 2.26. The summed E-state index contributed by atoms with van der Waals surface area (Å²) in [5, 5.41) is 5.36. The summed E-state index contributed by atoms with van der Waals surface area (Å²) in [6.07, 6.45) is 9.96. The summed E-state index contributed by atoms with van der Waals surface area (Å²) in [6.45, 7) is 6.82. The Morgan fingerprint density at radius 1 is 1.11 bits per heavy atom. The molecule has 0 saturated carbocycles. The van der Waals surface area contributed by atoms with Crippen LogP contribution in [0.3, 0.4) is 0 Å². The van der Waals surface area contributed by atoms with Gasteiger partial charge in [0.1, 0.15) is 5.15 Å². The fraction of sp³-hybridized carbons (Fsp3) is 0.476. The number of nitrogens with zero attached hydrogens (tertiary/aromatic N) is 5. The zero-order valence-corrected chi connectivity index (χ0v) is 16.6. The van der Waals surface area contributed by atoms with Crippen LogP contribution >= 0.6 is 11.6 Å². The molecule has 5 nitrogen and oxygen atoms in total. The van der Waals surface area contributed by atoms with Crippen LogP contribution in [0.2, 0.25) is 5.15 Å². The van der Waals surface area contributed by atoms with E-state index in [4.69, 9.17) is 16.7 Å². The van der Waals surface area contributed by atoms with Crippen LogP contribution < -0.4 is 0 Å². The summed E-state index contributed by atoms with van der Waals surface area (Å²) in [4.78, 5) is 11.5. The van der Waals surface area contributed by atoms with Crippen LogP contribution in [0.15, 0.2) is 30.6 Å². The van der Waals surface area contributed by atoms with Crippen molar-refractivity contribution in [2.45, 2.75) is 45.6 Å². The summed E-state index contributed by atoms with van der Waals surface area (Å²) in [7, 11) is 0. The summed E-state index contributed by atoms with van der Waals surface area (Å²) in [5.41, 5.74) is 5.05. The van der Waals surface area contributed by atoms with Gasteiger partial charge in [-0.05, 0) is 63.5 Å². The molecule has 0 bridgehead atoms. The molecule has 3 aromatic heterocycles. The van der Waals surface area contributed by atoms with Crippen molar-refractivity contribution < 1.29 is 0 Å². The summed E-state index contributed by atoms with van der Waals surface area (Å²) in [5.74, 6) is 0. The SMILES string of the molecule is CCCc1nn(CCCN2CCCC2)cc1-c1cnc2ccc(Cl)nc2c1. The fourth-order valence-electron chi connectivity index (χ4n) is 3.83. The van der Waals surface area contributed by atoms with Crippen molar-refractivity contribution in [3.63, 3.8) is 0 Å². The Labute approximate surface area is 165 Å². The minimum atomic E-state index is 0.493. The average molecular weight is 384 g/mol. The first-order valence-corrected chi connectivity index (χ1v) is 10.3. The van der Waals surface area contributed by atoms with Gasteiger partial charge in [0, 0.05) is 30.1 Å². The normalized spacial score (nSPS) is 15.0. The molecule has 0 radical (unpaired) electrons. The van der Waals surface area contributed by atoms with Crippen molar-refractivity contribution in [3.05, 3.63) is 41.4 Å². The molecular formula is C21H26ClN5. The van der Waals surface area contributed by atoms with Gasteiger partial charge in [-0.1, -0.05) is 24.9 Å². The Balaban J connectivity index is 1.56. The molecule has 3 aromatic rings. The van der Waals surface area contributed by atoms with E-state index in [9.17, 15) is 0 Å². The first-order valence-electron chi connectivity index (χ1n) is 9.94. The van der Waals surface area contributed by atoms with Crippen molar-refractivity contribution in [1.29, 1.82) is 0 Å².